The number of rotatable bonds is 2. The van der Waals surface area contributed by atoms with Crippen LogP contribution in [0.1, 0.15) is 5.69 Å². The van der Waals surface area contributed by atoms with Gasteiger partial charge in [0.25, 0.3) is 0 Å². The van der Waals surface area contributed by atoms with Crippen molar-refractivity contribution in [3.63, 3.8) is 0 Å². The summed E-state index contributed by atoms with van der Waals surface area (Å²) in [6, 6.07) is 4.03. The molecule has 0 unspecified atom stereocenters. The molecule has 0 spiro atoms. The van der Waals surface area contributed by atoms with Gasteiger partial charge >= 0.3 is 0 Å². The van der Waals surface area contributed by atoms with E-state index in [1.165, 1.54) is 5.69 Å². The summed E-state index contributed by atoms with van der Waals surface area (Å²) in [4.78, 5) is 3.07. The molecule has 0 saturated carbocycles. The van der Waals surface area contributed by atoms with Crippen LogP contribution in [0, 0.1) is 0 Å². The molecule has 0 atom stereocenters. The number of hydrogen-bond acceptors (Lipinski definition) is 0. The molecule has 0 amide bonds. The van der Waals surface area contributed by atoms with E-state index in [2.05, 4.69) is 11.6 Å². The lowest BCUT2D eigenvalue weighted by Gasteiger charge is -1.83. The van der Waals surface area contributed by atoms with E-state index in [9.17, 15) is 0 Å². The van der Waals surface area contributed by atoms with Crippen LogP contribution < -0.4 is 0 Å². The Kier molecular flexibility index (Phi) is 3.97. The van der Waals surface area contributed by atoms with Gasteiger partial charge in [-0.05, 0) is 12.1 Å². The van der Waals surface area contributed by atoms with Crippen molar-refractivity contribution >= 4 is 13.5 Å². The van der Waals surface area contributed by atoms with Gasteiger partial charge < -0.3 is 4.98 Å². The Morgan fingerprint density at radius 3 is 2.89 bits per heavy atom. The summed E-state index contributed by atoms with van der Waals surface area (Å²) in [7, 11) is 0. The molecule has 1 rings (SSSR count). The van der Waals surface area contributed by atoms with Crippen LogP contribution in [0.25, 0.3) is 0 Å². The molecule has 0 aliphatic carbocycles. The Labute approximate surface area is 62.2 Å². The SMILES string of the molecule is C=CCc1ccc[nH]1.S. The van der Waals surface area contributed by atoms with Gasteiger partial charge in [-0.3, -0.25) is 0 Å². The molecular formula is C7H11NS. The molecule has 0 radical (unpaired) electrons. The average molecular weight is 141 g/mol. The van der Waals surface area contributed by atoms with E-state index >= 15 is 0 Å². The number of nitrogens with one attached hydrogen (secondary N) is 1. The quantitative estimate of drug-likeness (QED) is 0.605. The third-order valence-electron chi connectivity index (χ3n) is 1.03. The lowest BCUT2D eigenvalue weighted by molar-refractivity contribution is 1.16. The van der Waals surface area contributed by atoms with Gasteiger partial charge in [-0.1, -0.05) is 6.08 Å². The lowest BCUT2D eigenvalue weighted by Crippen LogP contribution is -1.75. The molecule has 1 aromatic rings. The predicted octanol–water partition coefficient (Wildman–Crippen LogP) is 1.86. The highest BCUT2D eigenvalue weighted by Gasteiger charge is 1.83. The Morgan fingerprint density at radius 1 is 1.67 bits per heavy atom. The van der Waals surface area contributed by atoms with Gasteiger partial charge in [0.05, 0.1) is 0 Å². The predicted molar refractivity (Wildman–Crippen MR) is 45.1 cm³/mol. The first-order valence-corrected chi connectivity index (χ1v) is 2.66. The molecule has 0 bridgehead atoms. The minimum atomic E-state index is 0. The maximum atomic E-state index is 3.62. The summed E-state index contributed by atoms with van der Waals surface area (Å²) >= 11 is 0. The van der Waals surface area contributed by atoms with Crippen molar-refractivity contribution in [1.82, 2.24) is 4.98 Å². The standard InChI is InChI=1S/C7H9N.H2S/c1-2-4-7-5-3-6-8-7;/h2-3,5-6,8H,1,4H2;1H2. The highest BCUT2D eigenvalue weighted by Crippen LogP contribution is 1.94. The van der Waals surface area contributed by atoms with Gasteiger partial charge in [0, 0.05) is 18.3 Å². The summed E-state index contributed by atoms with van der Waals surface area (Å²) in [6.45, 7) is 3.62. The summed E-state index contributed by atoms with van der Waals surface area (Å²) in [5.41, 5.74) is 1.22. The maximum absolute atomic E-state index is 3.62. The third-order valence-corrected chi connectivity index (χ3v) is 1.03. The Balaban J connectivity index is 0.000000640. The van der Waals surface area contributed by atoms with Crippen LogP contribution in [0.15, 0.2) is 31.0 Å². The molecule has 0 aromatic carbocycles. The number of aromatic nitrogens is 1. The zero-order valence-corrected chi connectivity index (χ0v) is 6.22. The average Bonchev–Trinajstić information content (AvgIpc) is 2.19. The van der Waals surface area contributed by atoms with Crippen molar-refractivity contribution in [2.24, 2.45) is 0 Å². The molecule has 9 heavy (non-hydrogen) atoms. The van der Waals surface area contributed by atoms with E-state index in [1.54, 1.807) is 0 Å². The fourth-order valence-corrected chi connectivity index (χ4v) is 0.650. The topological polar surface area (TPSA) is 15.8 Å². The minimum Gasteiger partial charge on any atom is -0.365 e. The van der Waals surface area contributed by atoms with Crippen LogP contribution in [0.4, 0.5) is 0 Å². The van der Waals surface area contributed by atoms with Gasteiger partial charge in [0.15, 0.2) is 0 Å². The van der Waals surface area contributed by atoms with Crippen LogP contribution in [0.2, 0.25) is 0 Å². The monoisotopic (exact) mass is 141 g/mol. The molecule has 0 saturated heterocycles. The van der Waals surface area contributed by atoms with Gasteiger partial charge in [0.2, 0.25) is 0 Å². The van der Waals surface area contributed by atoms with E-state index in [4.69, 9.17) is 0 Å². The van der Waals surface area contributed by atoms with Gasteiger partial charge in [-0.25, -0.2) is 0 Å². The van der Waals surface area contributed by atoms with Crippen molar-refractivity contribution in [3.8, 4) is 0 Å². The fourth-order valence-electron chi connectivity index (χ4n) is 0.650. The molecular weight excluding hydrogens is 130 g/mol. The van der Waals surface area contributed by atoms with Crippen LogP contribution in [-0.4, -0.2) is 4.98 Å². The van der Waals surface area contributed by atoms with Crippen molar-refractivity contribution in [3.05, 3.63) is 36.7 Å². The number of H-pyrrole nitrogens is 1. The maximum Gasteiger partial charge on any atom is 0.0185 e. The normalized spacial score (nSPS) is 8.00. The first-order chi connectivity index (χ1) is 3.93. The van der Waals surface area contributed by atoms with Crippen LogP contribution in [0.3, 0.4) is 0 Å². The number of hydrogen-bond donors (Lipinski definition) is 1. The Morgan fingerprint density at radius 2 is 2.44 bits per heavy atom. The molecule has 1 N–H and O–H groups in total. The second-order valence-electron chi connectivity index (χ2n) is 1.69. The van der Waals surface area contributed by atoms with E-state index in [0.29, 0.717) is 0 Å². The van der Waals surface area contributed by atoms with Gasteiger partial charge in [0.1, 0.15) is 0 Å². The molecule has 0 aliphatic rings. The summed E-state index contributed by atoms with van der Waals surface area (Å²) in [6.07, 6.45) is 4.73. The third kappa shape index (κ3) is 2.42. The molecule has 0 fully saturated rings. The second kappa shape index (κ2) is 4.27. The number of aromatic amines is 1. The van der Waals surface area contributed by atoms with E-state index < -0.39 is 0 Å². The minimum absolute atomic E-state index is 0. The smallest absolute Gasteiger partial charge is 0.0185 e. The zero-order chi connectivity index (χ0) is 5.82. The van der Waals surface area contributed by atoms with Crippen LogP contribution in [-0.2, 0) is 6.42 Å². The van der Waals surface area contributed by atoms with E-state index in [-0.39, 0.29) is 13.5 Å². The Bertz CT molecular complexity index is 155. The molecule has 2 heteroatoms. The largest absolute Gasteiger partial charge is 0.365 e. The zero-order valence-electron chi connectivity index (χ0n) is 5.22. The molecule has 50 valence electrons. The van der Waals surface area contributed by atoms with Crippen molar-refractivity contribution in [2.75, 3.05) is 0 Å². The first kappa shape index (κ1) is 8.37. The summed E-state index contributed by atoms with van der Waals surface area (Å²) < 4.78 is 0. The van der Waals surface area contributed by atoms with Crippen molar-refractivity contribution in [1.29, 1.82) is 0 Å². The highest BCUT2D eigenvalue weighted by molar-refractivity contribution is 7.59. The lowest BCUT2D eigenvalue weighted by atomic mass is 10.3. The highest BCUT2D eigenvalue weighted by atomic mass is 32.1. The first-order valence-electron chi connectivity index (χ1n) is 2.66. The van der Waals surface area contributed by atoms with Gasteiger partial charge in [-0.2, -0.15) is 13.5 Å². The number of allylic oxidation sites excluding steroid dienone is 1. The molecule has 0 aliphatic heterocycles. The summed E-state index contributed by atoms with van der Waals surface area (Å²) in [5, 5.41) is 0. The summed E-state index contributed by atoms with van der Waals surface area (Å²) in [5.74, 6) is 0. The Hall–Kier alpha value is -0.630. The van der Waals surface area contributed by atoms with Crippen LogP contribution >= 0.6 is 13.5 Å². The molecule has 1 aromatic heterocycles. The van der Waals surface area contributed by atoms with Crippen molar-refractivity contribution in [2.45, 2.75) is 6.42 Å². The second-order valence-corrected chi connectivity index (χ2v) is 1.69. The van der Waals surface area contributed by atoms with Gasteiger partial charge in [-0.15, -0.1) is 6.58 Å². The van der Waals surface area contributed by atoms with E-state index in [0.717, 1.165) is 6.42 Å². The molecule has 1 nitrogen and oxygen atoms in total. The van der Waals surface area contributed by atoms with Crippen LogP contribution in [0.5, 0.6) is 0 Å². The fraction of sp³-hybridized carbons (Fsp3) is 0.143. The van der Waals surface area contributed by atoms with Crippen molar-refractivity contribution < 1.29 is 0 Å². The van der Waals surface area contributed by atoms with E-state index in [1.807, 2.05) is 24.4 Å². The molecule has 1 heterocycles.